The molecule has 2 heterocycles. The molecule has 0 fully saturated rings. The maximum absolute atomic E-state index is 3.31. The molecule has 0 atom stereocenters. The van der Waals surface area contributed by atoms with Crippen LogP contribution in [0.4, 0.5) is 11.4 Å². The average Bonchev–Trinajstić information content (AvgIpc) is 3.30. The van der Waals surface area contributed by atoms with Gasteiger partial charge in [0, 0.05) is 24.3 Å². The highest BCUT2D eigenvalue weighted by molar-refractivity contribution is 7.00. The molecule has 0 aliphatic carbocycles. The zero-order valence-electron chi connectivity index (χ0n) is 17.1. The largest absolute Gasteiger partial charge is 0.495 e. The van der Waals surface area contributed by atoms with Crippen LogP contribution in [0.15, 0.2) is 67.3 Å². The lowest BCUT2D eigenvalue weighted by atomic mass is 10.2. The molecule has 2 aliphatic rings. The van der Waals surface area contributed by atoms with E-state index in [0.29, 0.717) is 0 Å². The van der Waals surface area contributed by atoms with Crippen molar-refractivity contribution in [1.29, 1.82) is 0 Å². The number of nitrogens with zero attached hydrogens (tertiary/aromatic N) is 4. The van der Waals surface area contributed by atoms with Crippen molar-refractivity contribution in [2.75, 3.05) is 14.1 Å². The Bertz CT molecular complexity index is 1180. The van der Waals surface area contributed by atoms with E-state index in [4.69, 9.17) is 0 Å². The van der Waals surface area contributed by atoms with Gasteiger partial charge in [-0.05, 0) is 22.9 Å². The smallest absolute Gasteiger partial charge is 0.0968 e. The first-order valence-corrected chi connectivity index (χ1v) is 12.5. The number of hydrogen-bond acceptors (Lipinski definition) is 0. The lowest BCUT2D eigenvalue weighted by Gasteiger charge is -2.24. The monoisotopic (exact) mass is 386 g/mol. The molecule has 0 radical (unpaired) electrons. The fourth-order valence-electron chi connectivity index (χ4n) is 3.57. The topological polar surface area (TPSA) is 12.0 Å². The van der Waals surface area contributed by atoms with Gasteiger partial charge in [-0.3, -0.25) is 0 Å². The van der Waals surface area contributed by atoms with Crippen LogP contribution in [0.25, 0.3) is 0 Å². The van der Waals surface area contributed by atoms with Crippen molar-refractivity contribution in [2.24, 2.45) is 0 Å². The summed E-state index contributed by atoms with van der Waals surface area (Å²) in [6.45, 7) is 7.01. The van der Waals surface area contributed by atoms with E-state index >= 15 is 0 Å². The van der Waals surface area contributed by atoms with E-state index in [2.05, 4.69) is 85.3 Å². The van der Waals surface area contributed by atoms with Crippen LogP contribution in [0.3, 0.4) is 0 Å². The van der Waals surface area contributed by atoms with Crippen molar-refractivity contribution >= 4 is 41.8 Å². The molecule has 2 aliphatic heterocycles. The van der Waals surface area contributed by atoms with Gasteiger partial charge in [0.25, 0.3) is 12.4 Å². The van der Waals surface area contributed by atoms with Crippen molar-refractivity contribution < 1.29 is 18.3 Å². The summed E-state index contributed by atoms with van der Waals surface area (Å²) < 4.78 is 7.99. The number of aryl methyl sites for hydroxylation is 1. The summed E-state index contributed by atoms with van der Waals surface area (Å²) in [5, 5.41) is 2.83. The minimum atomic E-state index is -1.87. The molecule has 0 spiro atoms. The van der Waals surface area contributed by atoms with Gasteiger partial charge in [-0.25, -0.2) is 0 Å². The lowest BCUT2D eigenvalue weighted by molar-refractivity contribution is -0.429. The fourth-order valence-corrected chi connectivity index (χ4v) is 6.02. The van der Waals surface area contributed by atoms with Gasteiger partial charge in [0.1, 0.15) is 8.07 Å². The highest BCUT2D eigenvalue weighted by atomic mass is 28.3. The Kier molecular flexibility index (Phi) is 4.44. The van der Waals surface area contributed by atoms with Gasteiger partial charge in [0.15, 0.2) is 14.1 Å². The molecule has 0 N–H and O–H groups in total. The summed E-state index contributed by atoms with van der Waals surface area (Å²) in [6, 6.07) is 22.4. The van der Waals surface area contributed by atoms with Gasteiger partial charge in [0.05, 0.1) is 0 Å². The van der Waals surface area contributed by atoms with E-state index in [1.54, 1.807) is 0 Å². The predicted molar refractivity (Wildman–Crippen MR) is 115 cm³/mol. The van der Waals surface area contributed by atoms with Crippen LogP contribution in [0, 0.1) is 6.92 Å². The van der Waals surface area contributed by atoms with E-state index in [1.165, 1.54) is 15.9 Å². The number of hydrogen-bond donors (Lipinski definition) is 0. The van der Waals surface area contributed by atoms with E-state index in [-0.39, 0.29) is 0 Å². The van der Waals surface area contributed by atoms with Gasteiger partial charge in [-0.15, -0.1) is 0 Å². The third kappa shape index (κ3) is 3.39. The Morgan fingerprint density at radius 2 is 1.32 bits per heavy atom. The minimum absolute atomic E-state index is 1.15. The molecule has 0 saturated carbocycles. The van der Waals surface area contributed by atoms with E-state index in [0.717, 1.165) is 11.4 Å². The first-order valence-electron chi connectivity index (χ1n) is 9.49. The van der Waals surface area contributed by atoms with Crippen LogP contribution in [0.5, 0.6) is 0 Å². The molecule has 5 heteroatoms. The standard InChI is InChI=1S/C23H26N4Si/c1-19-13-21(27-12-10-25(3)18-27)16-23(14-19)28(4,5)22-8-6-7-20(15-22)26-11-9-24(2)17-26/h6-16H,1-5H3/q+4. The summed E-state index contributed by atoms with van der Waals surface area (Å²) in [5.74, 6) is 0. The second-order valence-electron chi connectivity index (χ2n) is 7.99. The van der Waals surface area contributed by atoms with Gasteiger partial charge < -0.3 is 0 Å². The first-order chi connectivity index (χ1) is 13.3. The maximum atomic E-state index is 3.31. The SMILES string of the molecule is Cc1cc([N+]2=C=[N+](C)C=C2)cc([Si](C)(C)c2cccc([N+]3=C=[N+](C)C=C3)c2)c1. The van der Waals surface area contributed by atoms with Gasteiger partial charge in [-0.1, -0.05) is 49.6 Å². The molecule has 2 aromatic carbocycles. The molecule has 28 heavy (non-hydrogen) atoms. The second-order valence-corrected chi connectivity index (χ2v) is 12.4. The molecule has 4 nitrogen and oxygen atoms in total. The van der Waals surface area contributed by atoms with Crippen LogP contribution >= 0.6 is 0 Å². The molecular formula is C23H26N4Si+4. The molecule has 0 unspecified atom stereocenters. The Morgan fingerprint density at radius 1 is 0.714 bits per heavy atom. The molecule has 0 amide bonds. The van der Waals surface area contributed by atoms with Crippen LogP contribution in [-0.4, -0.2) is 52.5 Å². The summed E-state index contributed by atoms with van der Waals surface area (Å²) in [7, 11) is 2.12. The van der Waals surface area contributed by atoms with Gasteiger partial charge in [0.2, 0.25) is 23.8 Å². The summed E-state index contributed by atoms with van der Waals surface area (Å²) in [6.07, 6.45) is 8.12. The Hall–Kier alpha value is -3.10. The van der Waals surface area contributed by atoms with Crippen molar-refractivity contribution in [3.63, 3.8) is 0 Å². The lowest BCUT2D eigenvalue weighted by Crippen LogP contribution is -2.53. The molecule has 4 rings (SSSR count). The molecule has 0 aromatic heterocycles. The number of rotatable bonds is 4. The normalized spacial score (nSPS) is 15.5. The molecule has 138 valence electrons. The Labute approximate surface area is 167 Å². The van der Waals surface area contributed by atoms with Crippen molar-refractivity contribution in [3.8, 4) is 0 Å². The predicted octanol–water partition coefficient (Wildman–Crippen LogP) is 2.71. The molecule has 2 aromatic rings. The van der Waals surface area contributed by atoms with E-state index < -0.39 is 8.07 Å². The first kappa shape index (κ1) is 18.3. The van der Waals surface area contributed by atoms with Gasteiger partial charge >= 0.3 is 12.0 Å². The third-order valence-corrected chi connectivity index (χ3v) is 8.80. The molecular weight excluding hydrogens is 360 g/mol. The van der Waals surface area contributed by atoms with Crippen LogP contribution < -0.4 is 10.4 Å². The summed E-state index contributed by atoms with van der Waals surface area (Å²) in [5.41, 5.74) is 3.59. The second kappa shape index (κ2) is 6.81. The summed E-state index contributed by atoms with van der Waals surface area (Å²) in [4.78, 5) is 0. The van der Waals surface area contributed by atoms with Crippen molar-refractivity contribution in [3.05, 3.63) is 72.8 Å². The van der Waals surface area contributed by atoms with E-state index in [9.17, 15) is 0 Å². The fraction of sp³-hybridized carbons (Fsp3) is 0.217. The molecule has 0 bridgehead atoms. The zero-order valence-corrected chi connectivity index (χ0v) is 18.1. The minimum Gasteiger partial charge on any atom is -0.0968 e. The van der Waals surface area contributed by atoms with Crippen LogP contribution in [-0.2, 0) is 0 Å². The third-order valence-electron chi connectivity index (χ3n) is 5.32. The van der Waals surface area contributed by atoms with E-state index in [1.807, 2.05) is 46.4 Å². The maximum Gasteiger partial charge on any atom is 0.495 e. The highest BCUT2D eigenvalue weighted by Crippen LogP contribution is 2.18. The summed E-state index contributed by atoms with van der Waals surface area (Å²) >= 11 is 0. The highest BCUT2D eigenvalue weighted by Gasteiger charge is 2.30. The number of benzene rings is 2. The van der Waals surface area contributed by atoms with Crippen molar-refractivity contribution in [2.45, 2.75) is 20.0 Å². The quantitative estimate of drug-likeness (QED) is 0.566. The molecule has 0 saturated heterocycles. The van der Waals surface area contributed by atoms with Crippen LogP contribution in [0.2, 0.25) is 13.1 Å². The van der Waals surface area contributed by atoms with Crippen molar-refractivity contribution in [1.82, 2.24) is 0 Å². The zero-order chi connectivity index (χ0) is 19.9. The Balaban J connectivity index is 1.78. The van der Waals surface area contributed by atoms with Crippen LogP contribution in [0.1, 0.15) is 5.56 Å². The van der Waals surface area contributed by atoms with Gasteiger partial charge in [-0.2, -0.15) is 0 Å². The Morgan fingerprint density at radius 3 is 1.93 bits per heavy atom. The average molecular weight is 387 g/mol.